The first-order chi connectivity index (χ1) is 16.5. The van der Waals surface area contributed by atoms with Crippen LogP contribution in [0.25, 0.3) is 10.9 Å². The lowest BCUT2D eigenvalue weighted by Gasteiger charge is -2.33. The molecule has 0 radical (unpaired) electrons. The largest absolute Gasteiger partial charge is 0.497 e. The number of rotatable bonds is 10. The van der Waals surface area contributed by atoms with E-state index in [1.807, 2.05) is 24.3 Å². The molecule has 2 aromatic carbocycles. The van der Waals surface area contributed by atoms with Gasteiger partial charge in [0.2, 0.25) is 0 Å². The van der Waals surface area contributed by atoms with Crippen LogP contribution in [0.3, 0.4) is 0 Å². The Labute approximate surface area is 198 Å². The summed E-state index contributed by atoms with van der Waals surface area (Å²) in [6.45, 7) is 3.30. The number of nitro groups is 1. The maximum absolute atomic E-state index is 11.1. The van der Waals surface area contributed by atoms with Gasteiger partial charge in [-0.25, -0.2) is 0 Å². The fourth-order valence-corrected chi connectivity index (χ4v) is 4.38. The number of piperidine rings is 1. The molecule has 0 bridgehead atoms. The van der Waals surface area contributed by atoms with Crippen molar-refractivity contribution in [3.63, 3.8) is 0 Å². The second kappa shape index (κ2) is 11.2. The molecule has 3 aromatic rings. The van der Waals surface area contributed by atoms with E-state index in [2.05, 4.69) is 15.2 Å². The van der Waals surface area contributed by atoms with Gasteiger partial charge in [0.1, 0.15) is 12.4 Å². The number of aliphatic hydroxyl groups is 1. The van der Waals surface area contributed by atoms with Gasteiger partial charge in [-0.3, -0.25) is 15.1 Å². The van der Waals surface area contributed by atoms with Crippen molar-refractivity contribution >= 4 is 16.6 Å². The third kappa shape index (κ3) is 5.80. The molecule has 1 aliphatic rings. The van der Waals surface area contributed by atoms with Crippen LogP contribution in [-0.2, 0) is 0 Å². The molecular formula is C25H30N4O5. The van der Waals surface area contributed by atoms with Crippen molar-refractivity contribution in [1.82, 2.24) is 15.2 Å². The average Bonchev–Trinajstić information content (AvgIpc) is 2.87. The van der Waals surface area contributed by atoms with Gasteiger partial charge in [-0.15, -0.1) is 0 Å². The molecule has 1 fully saturated rings. The number of benzene rings is 2. The van der Waals surface area contributed by atoms with Crippen molar-refractivity contribution < 1.29 is 19.5 Å². The van der Waals surface area contributed by atoms with E-state index in [0.29, 0.717) is 31.5 Å². The smallest absolute Gasteiger partial charge is 0.310 e. The number of likely N-dealkylation sites (tertiary alicyclic amines) is 1. The molecule has 34 heavy (non-hydrogen) atoms. The van der Waals surface area contributed by atoms with Crippen molar-refractivity contribution in [3.8, 4) is 11.5 Å². The van der Waals surface area contributed by atoms with E-state index < -0.39 is 11.0 Å². The van der Waals surface area contributed by atoms with Gasteiger partial charge in [0.05, 0.1) is 23.7 Å². The molecule has 4 rings (SSSR count). The van der Waals surface area contributed by atoms with Crippen LogP contribution in [0, 0.1) is 10.1 Å². The predicted molar refractivity (Wildman–Crippen MR) is 129 cm³/mol. The van der Waals surface area contributed by atoms with Crippen LogP contribution in [0.15, 0.2) is 54.7 Å². The van der Waals surface area contributed by atoms with E-state index in [1.165, 1.54) is 6.07 Å². The van der Waals surface area contributed by atoms with Gasteiger partial charge in [-0.1, -0.05) is 12.1 Å². The number of methoxy groups -OCH3 is 1. The first kappa shape index (κ1) is 23.9. The molecule has 2 heterocycles. The zero-order valence-electron chi connectivity index (χ0n) is 19.2. The maximum Gasteiger partial charge on any atom is 0.310 e. The van der Waals surface area contributed by atoms with Gasteiger partial charge in [0.15, 0.2) is 5.75 Å². The van der Waals surface area contributed by atoms with Gasteiger partial charge >= 0.3 is 5.69 Å². The summed E-state index contributed by atoms with van der Waals surface area (Å²) in [6, 6.07) is 14.3. The lowest BCUT2D eigenvalue weighted by Crippen LogP contribution is -2.44. The molecule has 0 aliphatic carbocycles. The molecule has 0 saturated carbocycles. The highest BCUT2D eigenvalue weighted by Crippen LogP contribution is 2.28. The lowest BCUT2D eigenvalue weighted by molar-refractivity contribution is -0.385. The zero-order valence-corrected chi connectivity index (χ0v) is 19.2. The third-order valence-corrected chi connectivity index (χ3v) is 6.21. The Balaban J connectivity index is 1.23. The summed E-state index contributed by atoms with van der Waals surface area (Å²) < 4.78 is 10.9. The lowest BCUT2D eigenvalue weighted by atomic mass is 10.0. The number of aromatic nitrogens is 1. The van der Waals surface area contributed by atoms with Gasteiger partial charge in [-0.05, 0) is 61.8 Å². The maximum atomic E-state index is 11.1. The van der Waals surface area contributed by atoms with Crippen molar-refractivity contribution in [2.75, 3.05) is 39.9 Å². The Kier molecular flexibility index (Phi) is 7.89. The van der Waals surface area contributed by atoms with Crippen LogP contribution in [0.1, 0.15) is 24.5 Å². The molecule has 0 spiro atoms. The minimum absolute atomic E-state index is 0.0187. The minimum Gasteiger partial charge on any atom is -0.497 e. The van der Waals surface area contributed by atoms with E-state index in [-0.39, 0.29) is 5.69 Å². The quantitative estimate of drug-likeness (QED) is 0.266. The summed E-state index contributed by atoms with van der Waals surface area (Å²) in [4.78, 5) is 17.3. The Bertz CT molecular complexity index is 1120. The summed E-state index contributed by atoms with van der Waals surface area (Å²) in [5.41, 5.74) is 1.68. The van der Waals surface area contributed by atoms with Crippen LogP contribution < -0.4 is 14.8 Å². The molecule has 2 N–H and O–H groups in total. The molecule has 0 amide bonds. The molecule has 9 heteroatoms. The first-order valence-electron chi connectivity index (χ1n) is 11.5. The molecule has 1 aliphatic heterocycles. The van der Waals surface area contributed by atoms with Crippen molar-refractivity contribution in [3.05, 3.63) is 70.4 Å². The summed E-state index contributed by atoms with van der Waals surface area (Å²) in [5, 5.41) is 26.4. The molecule has 9 nitrogen and oxygen atoms in total. The second-order valence-electron chi connectivity index (χ2n) is 8.40. The number of ether oxygens (including phenoxy) is 2. The number of nitrogens with one attached hydrogen (secondary N) is 1. The normalized spacial score (nSPS) is 15.8. The summed E-state index contributed by atoms with van der Waals surface area (Å²) in [7, 11) is 1.63. The van der Waals surface area contributed by atoms with E-state index >= 15 is 0 Å². The molecular weight excluding hydrogens is 436 g/mol. The highest BCUT2D eigenvalue weighted by Gasteiger charge is 2.22. The second-order valence-corrected chi connectivity index (χ2v) is 8.40. The summed E-state index contributed by atoms with van der Waals surface area (Å²) in [5.74, 6) is 1.03. The highest BCUT2D eigenvalue weighted by atomic mass is 16.6. The Hall–Kier alpha value is -3.27. The van der Waals surface area contributed by atoms with Gasteiger partial charge in [0.25, 0.3) is 0 Å². The number of para-hydroxylation sites is 2. The topological polar surface area (TPSA) is 110 Å². The van der Waals surface area contributed by atoms with E-state index in [9.17, 15) is 15.2 Å². The molecule has 1 aromatic heterocycles. The predicted octanol–water partition coefficient (Wildman–Crippen LogP) is 3.32. The number of β-amino-alcohol motifs (C(OH)–C–C–N with tert-alkyl or cyclic N) is 1. The average molecular weight is 467 g/mol. The van der Waals surface area contributed by atoms with E-state index in [4.69, 9.17) is 9.47 Å². The number of pyridine rings is 1. The van der Waals surface area contributed by atoms with Crippen LogP contribution in [-0.4, -0.2) is 65.9 Å². The Morgan fingerprint density at radius 2 is 2.03 bits per heavy atom. The highest BCUT2D eigenvalue weighted by molar-refractivity contribution is 5.83. The van der Waals surface area contributed by atoms with Crippen LogP contribution in [0.4, 0.5) is 5.69 Å². The standard InChI is InChI=1S/C25H30N4O5/c1-33-19-6-7-22-21(16-19)20(8-11-27-22)24(30)17-28-13-9-18(10-14-28)26-12-15-34-25-5-3-2-4-23(25)29(31)32/h2-8,11,16,18,24,26,30H,9-10,12-15,17H2,1H3/t24-/m0/s1. The fourth-order valence-electron chi connectivity index (χ4n) is 4.38. The molecule has 0 unspecified atom stereocenters. The van der Waals surface area contributed by atoms with Crippen LogP contribution in [0.5, 0.6) is 11.5 Å². The Morgan fingerprint density at radius 3 is 2.79 bits per heavy atom. The monoisotopic (exact) mass is 466 g/mol. The van der Waals surface area contributed by atoms with E-state index in [1.54, 1.807) is 31.5 Å². The van der Waals surface area contributed by atoms with Crippen molar-refractivity contribution in [2.45, 2.75) is 25.0 Å². The van der Waals surface area contributed by atoms with Crippen LogP contribution >= 0.6 is 0 Å². The summed E-state index contributed by atoms with van der Waals surface area (Å²) in [6.07, 6.45) is 3.04. The van der Waals surface area contributed by atoms with Gasteiger partial charge in [-0.2, -0.15) is 0 Å². The first-order valence-corrected chi connectivity index (χ1v) is 11.5. The fraction of sp³-hybridized carbons (Fsp3) is 0.400. The van der Waals surface area contributed by atoms with Crippen molar-refractivity contribution in [2.24, 2.45) is 0 Å². The molecule has 1 atom stereocenters. The Morgan fingerprint density at radius 1 is 1.24 bits per heavy atom. The summed E-state index contributed by atoms with van der Waals surface area (Å²) >= 11 is 0. The molecule has 1 saturated heterocycles. The SMILES string of the molecule is COc1ccc2nccc([C@@H](O)CN3CCC(NCCOc4ccccc4[N+](=O)[O-])CC3)c2c1. The number of nitrogens with zero attached hydrogens (tertiary/aromatic N) is 3. The van der Waals surface area contributed by atoms with Crippen molar-refractivity contribution in [1.29, 1.82) is 0 Å². The zero-order chi connectivity index (χ0) is 23.9. The van der Waals surface area contributed by atoms with Gasteiger partial charge < -0.3 is 24.8 Å². The van der Waals surface area contributed by atoms with Gasteiger partial charge in [0, 0.05) is 36.8 Å². The number of hydrogen-bond acceptors (Lipinski definition) is 8. The van der Waals surface area contributed by atoms with Crippen LogP contribution in [0.2, 0.25) is 0 Å². The number of fused-ring (bicyclic) bond motifs is 1. The minimum atomic E-state index is -0.614. The number of nitro benzene ring substituents is 1. The number of aliphatic hydroxyl groups excluding tert-OH is 1. The number of hydrogen-bond donors (Lipinski definition) is 2. The van der Waals surface area contributed by atoms with E-state index in [0.717, 1.165) is 48.1 Å². The third-order valence-electron chi connectivity index (χ3n) is 6.21. The molecule has 180 valence electrons.